The minimum Gasteiger partial charge on any atom is -0.302 e. The monoisotopic (exact) mass is 284 g/mol. The number of likely N-dealkylation sites (tertiary alicyclic amines) is 1. The molecule has 1 unspecified atom stereocenters. The van der Waals surface area contributed by atoms with E-state index in [0.29, 0.717) is 11.5 Å². The molecule has 0 spiro atoms. The zero-order chi connectivity index (χ0) is 14.6. The Balaban J connectivity index is 1.86. The third-order valence-corrected chi connectivity index (χ3v) is 5.87. The molecule has 3 heterocycles. The van der Waals surface area contributed by atoms with Crippen molar-refractivity contribution in [3.05, 3.63) is 23.5 Å². The summed E-state index contributed by atoms with van der Waals surface area (Å²) in [6, 6.07) is 3.07. The molecule has 1 aliphatic heterocycles. The maximum absolute atomic E-state index is 4.74. The van der Waals surface area contributed by atoms with E-state index in [1.807, 2.05) is 11.7 Å². The van der Waals surface area contributed by atoms with E-state index in [1.165, 1.54) is 49.6 Å². The molecule has 4 nitrogen and oxygen atoms in total. The van der Waals surface area contributed by atoms with Crippen LogP contribution in [0.3, 0.4) is 0 Å². The number of nitrogens with zero attached hydrogens (tertiary/aromatic N) is 4. The Labute approximate surface area is 126 Å². The lowest BCUT2D eigenvalue weighted by molar-refractivity contribution is 0.182. The number of likely N-dealkylation sites (N-methyl/N-ethyl adjacent to an activating group) is 1. The topological polar surface area (TPSA) is 34.0 Å². The molecule has 4 rings (SSSR count). The van der Waals surface area contributed by atoms with Crippen molar-refractivity contribution >= 4 is 11.0 Å². The summed E-state index contributed by atoms with van der Waals surface area (Å²) < 4.78 is 1.89. The highest BCUT2D eigenvalue weighted by atomic mass is 15.3. The van der Waals surface area contributed by atoms with Crippen LogP contribution in [0.25, 0.3) is 11.0 Å². The standard InChI is InChI=1S/C17H24N4/c1-12-14-10-13(11-18-16(14)21(3)19-12)17-7-5-4-6-15(17)20(2)9-8-17/h10-11,15H,4-9H2,1-3H3/t15?,17-/m0/s1. The van der Waals surface area contributed by atoms with Gasteiger partial charge in [-0.15, -0.1) is 0 Å². The van der Waals surface area contributed by atoms with Crippen LogP contribution in [0, 0.1) is 6.92 Å². The van der Waals surface area contributed by atoms with Gasteiger partial charge in [0.15, 0.2) is 5.65 Å². The number of pyridine rings is 1. The van der Waals surface area contributed by atoms with Crippen molar-refractivity contribution in [1.82, 2.24) is 19.7 Å². The van der Waals surface area contributed by atoms with Crippen molar-refractivity contribution in [2.24, 2.45) is 7.05 Å². The Hall–Kier alpha value is -1.42. The molecule has 0 bridgehead atoms. The number of hydrogen-bond donors (Lipinski definition) is 0. The van der Waals surface area contributed by atoms with E-state index < -0.39 is 0 Å². The second-order valence-electron chi connectivity index (χ2n) is 6.95. The molecule has 1 aliphatic carbocycles. The highest BCUT2D eigenvalue weighted by Crippen LogP contribution is 2.48. The van der Waals surface area contributed by atoms with Gasteiger partial charge in [0.1, 0.15) is 0 Å². The first-order chi connectivity index (χ1) is 10.1. The van der Waals surface area contributed by atoms with Crippen LogP contribution in [0.4, 0.5) is 0 Å². The Bertz CT molecular complexity index is 685. The largest absolute Gasteiger partial charge is 0.302 e. The summed E-state index contributed by atoms with van der Waals surface area (Å²) >= 11 is 0. The molecule has 0 N–H and O–H groups in total. The van der Waals surface area contributed by atoms with Crippen LogP contribution in [0.15, 0.2) is 12.3 Å². The number of aromatic nitrogens is 3. The summed E-state index contributed by atoms with van der Waals surface area (Å²) in [4.78, 5) is 7.31. The van der Waals surface area contributed by atoms with Gasteiger partial charge in [-0.25, -0.2) is 4.98 Å². The summed E-state index contributed by atoms with van der Waals surface area (Å²) in [6.07, 6.45) is 8.78. The minimum absolute atomic E-state index is 0.330. The number of fused-ring (bicyclic) bond motifs is 2. The zero-order valence-corrected chi connectivity index (χ0v) is 13.3. The van der Waals surface area contributed by atoms with E-state index in [4.69, 9.17) is 4.98 Å². The molecule has 1 saturated heterocycles. The molecule has 0 radical (unpaired) electrons. The molecule has 0 amide bonds. The summed E-state index contributed by atoms with van der Waals surface area (Å²) in [6.45, 7) is 3.30. The van der Waals surface area contributed by atoms with E-state index in [2.05, 4.69) is 36.2 Å². The smallest absolute Gasteiger partial charge is 0.157 e. The van der Waals surface area contributed by atoms with Gasteiger partial charge in [-0.3, -0.25) is 4.68 Å². The quantitative estimate of drug-likeness (QED) is 0.807. The molecule has 2 fully saturated rings. The molecule has 112 valence electrons. The predicted molar refractivity (Wildman–Crippen MR) is 84.4 cm³/mol. The fourth-order valence-electron chi connectivity index (χ4n) is 4.75. The molecular formula is C17H24N4. The van der Waals surface area contributed by atoms with Crippen molar-refractivity contribution in [3.63, 3.8) is 0 Å². The highest BCUT2D eigenvalue weighted by molar-refractivity contribution is 5.79. The highest BCUT2D eigenvalue weighted by Gasteiger charge is 2.48. The molecule has 21 heavy (non-hydrogen) atoms. The number of rotatable bonds is 1. The fourth-order valence-corrected chi connectivity index (χ4v) is 4.75. The summed E-state index contributed by atoms with van der Waals surface area (Å²) in [5.74, 6) is 0. The van der Waals surface area contributed by atoms with E-state index >= 15 is 0 Å². The first-order valence-corrected chi connectivity index (χ1v) is 8.12. The van der Waals surface area contributed by atoms with Crippen molar-refractivity contribution in [2.45, 2.75) is 50.5 Å². The van der Waals surface area contributed by atoms with Gasteiger partial charge in [0, 0.05) is 30.1 Å². The van der Waals surface area contributed by atoms with Gasteiger partial charge in [0.05, 0.1) is 5.69 Å². The van der Waals surface area contributed by atoms with Crippen molar-refractivity contribution in [1.29, 1.82) is 0 Å². The van der Waals surface area contributed by atoms with Crippen LogP contribution < -0.4 is 0 Å². The molecule has 1 saturated carbocycles. The third kappa shape index (κ3) is 1.78. The van der Waals surface area contributed by atoms with Crippen LogP contribution in [0.5, 0.6) is 0 Å². The molecule has 2 atom stereocenters. The summed E-state index contributed by atoms with van der Waals surface area (Å²) in [5, 5.41) is 5.74. The van der Waals surface area contributed by atoms with Crippen LogP contribution in [0.1, 0.15) is 43.4 Å². The van der Waals surface area contributed by atoms with Crippen molar-refractivity contribution < 1.29 is 0 Å². The second kappa shape index (κ2) is 4.54. The van der Waals surface area contributed by atoms with Gasteiger partial charge < -0.3 is 4.90 Å². The van der Waals surface area contributed by atoms with Crippen LogP contribution in [0.2, 0.25) is 0 Å². The molecule has 2 aromatic rings. The lowest BCUT2D eigenvalue weighted by atomic mass is 9.66. The Kier molecular flexibility index (Phi) is 2.86. The second-order valence-corrected chi connectivity index (χ2v) is 6.95. The van der Waals surface area contributed by atoms with Gasteiger partial charge >= 0.3 is 0 Å². The Morgan fingerprint density at radius 1 is 1.24 bits per heavy atom. The van der Waals surface area contributed by atoms with Crippen LogP contribution in [-0.4, -0.2) is 39.3 Å². The zero-order valence-electron chi connectivity index (χ0n) is 13.3. The van der Waals surface area contributed by atoms with Crippen LogP contribution >= 0.6 is 0 Å². The fraction of sp³-hybridized carbons (Fsp3) is 0.647. The van der Waals surface area contributed by atoms with E-state index in [9.17, 15) is 0 Å². The summed E-state index contributed by atoms with van der Waals surface area (Å²) in [7, 11) is 4.27. The SMILES string of the molecule is Cc1nn(C)c2ncc([C@@]34CCCCC3N(C)CC4)cc12. The first kappa shape index (κ1) is 13.3. The lowest BCUT2D eigenvalue weighted by Crippen LogP contribution is -2.43. The molecule has 4 heteroatoms. The van der Waals surface area contributed by atoms with Gasteiger partial charge in [-0.1, -0.05) is 12.8 Å². The number of aryl methyl sites for hydroxylation is 2. The van der Waals surface area contributed by atoms with E-state index in [0.717, 1.165) is 11.3 Å². The third-order valence-electron chi connectivity index (χ3n) is 5.87. The molecule has 0 aromatic carbocycles. The van der Waals surface area contributed by atoms with Gasteiger partial charge in [-0.05, 0) is 51.4 Å². The maximum atomic E-state index is 4.74. The average Bonchev–Trinajstić information content (AvgIpc) is 2.99. The normalized spacial score (nSPS) is 30.0. The van der Waals surface area contributed by atoms with Gasteiger partial charge in [0.2, 0.25) is 0 Å². The summed E-state index contributed by atoms with van der Waals surface area (Å²) in [5.41, 5.74) is 3.87. The van der Waals surface area contributed by atoms with Crippen LogP contribution in [-0.2, 0) is 12.5 Å². The molecular weight excluding hydrogens is 260 g/mol. The number of hydrogen-bond acceptors (Lipinski definition) is 3. The minimum atomic E-state index is 0.330. The van der Waals surface area contributed by atoms with Crippen molar-refractivity contribution in [2.75, 3.05) is 13.6 Å². The van der Waals surface area contributed by atoms with Crippen molar-refractivity contribution in [3.8, 4) is 0 Å². The lowest BCUT2D eigenvalue weighted by Gasteiger charge is -2.41. The Morgan fingerprint density at radius 3 is 2.95 bits per heavy atom. The Morgan fingerprint density at radius 2 is 2.10 bits per heavy atom. The van der Waals surface area contributed by atoms with Gasteiger partial charge in [-0.2, -0.15) is 5.10 Å². The molecule has 2 aliphatic rings. The predicted octanol–water partition coefficient (Wildman–Crippen LogP) is 2.79. The maximum Gasteiger partial charge on any atom is 0.157 e. The van der Waals surface area contributed by atoms with E-state index in [1.54, 1.807) is 0 Å². The van der Waals surface area contributed by atoms with E-state index in [-0.39, 0.29) is 0 Å². The van der Waals surface area contributed by atoms with Gasteiger partial charge in [0.25, 0.3) is 0 Å². The first-order valence-electron chi connectivity index (χ1n) is 8.12. The average molecular weight is 284 g/mol. The molecule has 2 aromatic heterocycles.